The molecule has 2 aromatic rings. The number of ketones is 1. The van der Waals surface area contributed by atoms with Gasteiger partial charge in [-0.15, -0.1) is 0 Å². The van der Waals surface area contributed by atoms with Crippen molar-refractivity contribution in [2.45, 2.75) is 13.5 Å². The number of carbonyl (C=O) groups is 1. The average molecular weight is 336 g/mol. The molecule has 0 N–H and O–H groups in total. The summed E-state index contributed by atoms with van der Waals surface area (Å²) in [5.41, 5.74) is 0.703. The van der Waals surface area contributed by atoms with Crippen LogP contribution in [0.25, 0.3) is 11.0 Å². The summed E-state index contributed by atoms with van der Waals surface area (Å²) in [7, 11) is 0. The van der Waals surface area contributed by atoms with E-state index in [4.69, 9.17) is 11.6 Å². The first kappa shape index (κ1) is 10.8. The van der Waals surface area contributed by atoms with Gasteiger partial charge in [-0.1, -0.05) is 11.6 Å². The molecule has 0 bridgehead atoms. The van der Waals surface area contributed by atoms with Crippen LogP contribution in [0, 0.1) is 3.57 Å². The van der Waals surface area contributed by atoms with E-state index in [-0.39, 0.29) is 5.78 Å². The van der Waals surface area contributed by atoms with Gasteiger partial charge in [0.05, 0.1) is 11.9 Å². The topological polar surface area (TPSA) is 47.8 Å². The molecular weight excluding hydrogens is 328 g/mol. The molecule has 2 rings (SSSR count). The highest BCUT2D eigenvalue weighted by Crippen LogP contribution is 2.26. The predicted molar refractivity (Wildman–Crippen MR) is 65.9 cm³/mol. The SMILES string of the molecule is CC(=O)Cn1cc(I)c2c(Cl)ncnc21. The quantitative estimate of drug-likeness (QED) is 0.625. The van der Waals surface area contributed by atoms with Gasteiger partial charge in [-0.25, -0.2) is 9.97 Å². The van der Waals surface area contributed by atoms with Crippen LogP contribution in [0.3, 0.4) is 0 Å². The molecule has 0 aliphatic heterocycles. The fourth-order valence-electron chi connectivity index (χ4n) is 1.40. The standard InChI is InChI=1S/C9H7ClIN3O/c1-5(15)2-14-3-6(11)7-8(10)12-4-13-9(7)14/h3-4H,2H2,1H3. The molecule has 2 aromatic heterocycles. The van der Waals surface area contributed by atoms with Gasteiger partial charge in [0.1, 0.15) is 22.9 Å². The maximum absolute atomic E-state index is 11.1. The van der Waals surface area contributed by atoms with E-state index in [0.29, 0.717) is 17.3 Å². The molecule has 0 fully saturated rings. The first-order valence-electron chi connectivity index (χ1n) is 4.24. The largest absolute Gasteiger partial charge is 0.324 e. The van der Waals surface area contributed by atoms with Crippen molar-refractivity contribution in [1.82, 2.24) is 14.5 Å². The lowest BCUT2D eigenvalue weighted by atomic mass is 10.4. The molecule has 0 aromatic carbocycles. The zero-order valence-corrected chi connectivity index (χ0v) is 10.8. The third-order valence-electron chi connectivity index (χ3n) is 1.95. The number of hydrogen-bond acceptors (Lipinski definition) is 3. The average Bonchev–Trinajstić information content (AvgIpc) is 2.44. The fourth-order valence-corrected chi connectivity index (χ4v) is 2.62. The molecule has 0 amide bonds. The van der Waals surface area contributed by atoms with E-state index in [1.807, 2.05) is 6.20 Å². The van der Waals surface area contributed by atoms with Crippen LogP contribution in [0.2, 0.25) is 5.15 Å². The Morgan fingerprint density at radius 2 is 2.33 bits per heavy atom. The van der Waals surface area contributed by atoms with E-state index in [9.17, 15) is 4.79 Å². The van der Waals surface area contributed by atoms with Gasteiger partial charge in [-0.2, -0.15) is 0 Å². The Kier molecular flexibility index (Phi) is 2.92. The fraction of sp³-hybridized carbons (Fsp3) is 0.222. The first-order valence-corrected chi connectivity index (χ1v) is 5.69. The Morgan fingerprint density at radius 3 is 3.00 bits per heavy atom. The number of halogens is 2. The van der Waals surface area contributed by atoms with Gasteiger partial charge in [0.25, 0.3) is 0 Å². The van der Waals surface area contributed by atoms with E-state index in [1.54, 1.807) is 11.5 Å². The number of nitrogens with zero attached hydrogens (tertiary/aromatic N) is 3. The lowest BCUT2D eigenvalue weighted by Gasteiger charge is -2.00. The van der Waals surface area contributed by atoms with Crippen LogP contribution in [-0.4, -0.2) is 20.3 Å². The Hall–Kier alpha value is -0.690. The zero-order valence-electron chi connectivity index (χ0n) is 7.87. The van der Waals surface area contributed by atoms with Gasteiger partial charge in [0.15, 0.2) is 0 Å². The number of hydrogen-bond donors (Lipinski definition) is 0. The van der Waals surface area contributed by atoms with Gasteiger partial charge in [0.2, 0.25) is 0 Å². The Labute approximate surface area is 105 Å². The van der Waals surface area contributed by atoms with Crippen LogP contribution < -0.4 is 0 Å². The molecule has 0 spiro atoms. The lowest BCUT2D eigenvalue weighted by molar-refractivity contribution is -0.117. The van der Waals surface area contributed by atoms with Gasteiger partial charge < -0.3 is 4.57 Å². The first-order chi connectivity index (χ1) is 7.09. The van der Waals surface area contributed by atoms with Crippen molar-refractivity contribution >= 4 is 51.0 Å². The smallest absolute Gasteiger partial charge is 0.149 e. The molecule has 0 unspecified atom stereocenters. The summed E-state index contributed by atoms with van der Waals surface area (Å²) in [5, 5.41) is 1.23. The summed E-state index contributed by atoms with van der Waals surface area (Å²) in [6, 6.07) is 0. The molecule has 0 aliphatic rings. The van der Waals surface area contributed by atoms with Crippen molar-refractivity contribution in [3.8, 4) is 0 Å². The molecule has 4 nitrogen and oxygen atoms in total. The van der Waals surface area contributed by atoms with Crippen molar-refractivity contribution in [3.05, 3.63) is 21.2 Å². The zero-order chi connectivity index (χ0) is 11.0. The second-order valence-corrected chi connectivity index (χ2v) is 4.69. The lowest BCUT2D eigenvalue weighted by Crippen LogP contribution is -2.05. The number of rotatable bonds is 2. The maximum atomic E-state index is 11.1. The van der Waals surface area contributed by atoms with Crippen LogP contribution in [0.15, 0.2) is 12.5 Å². The summed E-state index contributed by atoms with van der Waals surface area (Å²) in [6.45, 7) is 1.86. The summed E-state index contributed by atoms with van der Waals surface area (Å²) in [6.07, 6.45) is 3.25. The van der Waals surface area contributed by atoms with E-state index >= 15 is 0 Å². The van der Waals surface area contributed by atoms with Crippen molar-refractivity contribution in [1.29, 1.82) is 0 Å². The monoisotopic (exact) mass is 335 g/mol. The highest BCUT2D eigenvalue weighted by atomic mass is 127. The normalized spacial score (nSPS) is 10.9. The molecule has 0 saturated heterocycles. The molecule has 0 radical (unpaired) electrons. The van der Waals surface area contributed by atoms with Crippen LogP contribution in [0.5, 0.6) is 0 Å². The van der Waals surface area contributed by atoms with E-state index in [1.165, 1.54) is 6.33 Å². The summed E-state index contributed by atoms with van der Waals surface area (Å²) >= 11 is 8.11. The van der Waals surface area contributed by atoms with E-state index in [2.05, 4.69) is 32.6 Å². The number of carbonyl (C=O) groups excluding carboxylic acids is 1. The molecule has 2 heterocycles. The Balaban J connectivity index is 2.68. The van der Waals surface area contributed by atoms with Gasteiger partial charge in [0, 0.05) is 9.77 Å². The van der Waals surface area contributed by atoms with Gasteiger partial charge in [-0.05, 0) is 29.5 Å². The molecule has 0 saturated carbocycles. The molecule has 15 heavy (non-hydrogen) atoms. The van der Waals surface area contributed by atoms with Crippen LogP contribution >= 0.6 is 34.2 Å². The van der Waals surface area contributed by atoms with Crippen LogP contribution in [-0.2, 0) is 11.3 Å². The van der Waals surface area contributed by atoms with E-state index < -0.39 is 0 Å². The molecule has 78 valence electrons. The van der Waals surface area contributed by atoms with Crippen molar-refractivity contribution in [2.24, 2.45) is 0 Å². The number of fused-ring (bicyclic) bond motifs is 1. The molecule has 0 atom stereocenters. The Bertz CT molecular complexity index is 537. The van der Waals surface area contributed by atoms with Crippen molar-refractivity contribution in [2.75, 3.05) is 0 Å². The number of aromatic nitrogens is 3. The van der Waals surface area contributed by atoms with Crippen molar-refractivity contribution in [3.63, 3.8) is 0 Å². The predicted octanol–water partition coefficient (Wildman–Crippen LogP) is 2.28. The number of Topliss-reactive ketones (excluding diaryl/α,β-unsaturated/α-hetero) is 1. The van der Waals surface area contributed by atoms with E-state index in [0.717, 1.165) is 8.96 Å². The minimum Gasteiger partial charge on any atom is -0.324 e. The van der Waals surface area contributed by atoms with Crippen LogP contribution in [0.4, 0.5) is 0 Å². The third kappa shape index (κ3) is 1.98. The van der Waals surface area contributed by atoms with Crippen molar-refractivity contribution < 1.29 is 4.79 Å². The summed E-state index contributed by atoms with van der Waals surface area (Å²) in [5.74, 6) is 0.0815. The molecular formula is C9H7ClIN3O. The second-order valence-electron chi connectivity index (χ2n) is 3.17. The Morgan fingerprint density at radius 1 is 1.60 bits per heavy atom. The minimum absolute atomic E-state index is 0.0815. The summed E-state index contributed by atoms with van der Waals surface area (Å²) < 4.78 is 2.74. The van der Waals surface area contributed by atoms with Crippen LogP contribution in [0.1, 0.15) is 6.92 Å². The minimum atomic E-state index is 0.0815. The van der Waals surface area contributed by atoms with Gasteiger partial charge >= 0.3 is 0 Å². The summed E-state index contributed by atoms with van der Waals surface area (Å²) in [4.78, 5) is 19.1. The highest BCUT2D eigenvalue weighted by Gasteiger charge is 2.12. The highest BCUT2D eigenvalue weighted by molar-refractivity contribution is 14.1. The third-order valence-corrected chi connectivity index (χ3v) is 3.06. The van der Waals surface area contributed by atoms with Gasteiger partial charge in [-0.3, -0.25) is 4.79 Å². The molecule has 6 heteroatoms. The molecule has 0 aliphatic carbocycles. The maximum Gasteiger partial charge on any atom is 0.149 e. The second kappa shape index (κ2) is 4.05.